The van der Waals surface area contributed by atoms with Crippen molar-refractivity contribution in [3.05, 3.63) is 46.9 Å². The van der Waals surface area contributed by atoms with Gasteiger partial charge in [0.25, 0.3) is 5.56 Å². The highest BCUT2D eigenvalue weighted by Gasteiger charge is 2.20. The molecule has 0 unspecified atom stereocenters. The summed E-state index contributed by atoms with van der Waals surface area (Å²) in [6.07, 6.45) is 2.85. The second kappa shape index (κ2) is 4.02. The van der Waals surface area contributed by atoms with Crippen LogP contribution in [0.3, 0.4) is 0 Å². The van der Waals surface area contributed by atoms with E-state index in [1.807, 2.05) is 24.3 Å². The summed E-state index contributed by atoms with van der Waals surface area (Å²) < 4.78 is 13.4. The Bertz CT molecular complexity index is 1100. The van der Waals surface area contributed by atoms with E-state index in [1.54, 1.807) is 0 Å². The summed E-state index contributed by atoms with van der Waals surface area (Å²) in [4.78, 5) is 17.0. The lowest BCUT2D eigenvalue weighted by Crippen LogP contribution is -2.13. The van der Waals surface area contributed by atoms with Gasteiger partial charge in [0.15, 0.2) is 0 Å². The van der Waals surface area contributed by atoms with Crippen LogP contribution in [0.5, 0.6) is 5.75 Å². The van der Waals surface area contributed by atoms with Crippen LogP contribution in [0.25, 0.3) is 27.3 Å². The highest BCUT2D eigenvalue weighted by atomic mass is 32.2. The van der Waals surface area contributed by atoms with Gasteiger partial charge in [-0.25, -0.2) is 4.98 Å². The molecular formula is C15H10N2O3S. The minimum absolute atomic E-state index is 0.0136. The van der Waals surface area contributed by atoms with E-state index in [0.717, 1.165) is 5.39 Å². The minimum atomic E-state index is -1.33. The minimum Gasteiger partial charge on any atom is -0.506 e. The highest BCUT2D eigenvalue weighted by Crippen LogP contribution is 2.36. The molecule has 0 aliphatic heterocycles. The van der Waals surface area contributed by atoms with Crippen LogP contribution in [0, 0.1) is 0 Å². The van der Waals surface area contributed by atoms with E-state index in [4.69, 9.17) is 0 Å². The van der Waals surface area contributed by atoms with Gasteiger partial charge in [0.2, 0.25) is 0 Å². The van der Waals surface area contributed by atoms with Gasteiger partial charge >= 0.3 is 0 Å². The zero-order chi connectivity index (χ0) is 14.7. The van der Waals surface area contributed by atoms with Crippen LogP contribution in [0.1, 0.15) is 0 Å². The Morgan fingerprint density at radius 1 is 1.29 bits per heavy atom. The molecule has 3 heterocycles. The van der Waals surface area contributed by atoms with Crippen molar-refractivity contribution in [2.75, 3.05) is 6.26 Å². The van der Waals surface area contributed by atoms with Crippen LogP contribution < -0.4 is 5.56 Å². The van der Waals surface area contributed by atoms with Crippen molar-refractivity contribution in [3.8, 4) is 5.75 Å². The molecule has 5 nitrogen and oxygen atoms in total. The molecule has 0 saturated heterocycles. The molecule has 0 spiro atoms. The third kappa shape index (κ3) is 1.48. The molecule has 3 aromatic heterocycles. The SMILES string of the molecule is C[S@](=O)c1cc(=O)n2c3ccccc3c3c(O)cnc1c32. The number of nitrogens with zero attached hydrogens (tertiary/aromatic N) is 2. The Labute approximate surface area is 121 Å². The van der Waals surface area contributed by atoms with Crippen LogP contribution in [0.2, 0.25) is 0 Å². The van der Waals surface area contributed by atoms with Crippen LogP contribution in [-0.4, -0.2) is 25.0 Å². The normalized spacial score (nSPS) is 13.4. The number of hydrogen-bond acceptors (Lipinski definition) is 4. The molecule has 0 amide bonds. The molecule has 4 rings (SSSR count). The zero-order valence-electron chi connectivity index (χ0n) is 11.0. The van der Waals surface area contributed by atoms with Gasteiger partial charge in [-0.1, -0.05) is 18.2 Å². The average Bonchev–Trinajstić information content (AvgIpc) is 2.82. The lowest BCUT2D eigenvalue weighted by atomic mass is 10.1. The summed E-state index contributed by atoms with van der Waals surface area (Å²) in [7, 11) is -1.33. The number of benzene rings is 1. The van der Waals surface area contributed by atoms with Crippen molar-refractivity contribution in [1.29, 1.82) is 0 Å². The largest absolute Gasteiger partial charge is 0.506 e. The Balaban J connectivity index is 2.48. The fourth-order valence-corrected chi connectivity index (χ4v) is 3.54. The number of pyridine rings is 2. The Kier molecular flexibility index (Phi) is 2.35. The maximum atomic E-state index is 12.4. The number of hydrogen-bond donors (Lipinski definition) is 1. The zero-order valence-corrected chi connectivity index (χ0v) is 11.8. The first-order chi connectivity index (χ1) is 10.1. The van der Waals surface area contributed by atoms with Crippen molar-refractivity contribution in [2.24, 2.45) is 0 Å². The van der Waals surface area contributed by atoms with Crippen molar-refractivity contribution in [1.82, 2.24) is 9.38 Å². The molecule has 1 aromatic carbocycles. The van der Waals surface area contributed by atoms with Crippen molar-refractivity contribution >= 4 is 38.1 Å². The predicted molar refractivity (Wildman–Crippen MR) is 81.7 cm³/mol. The van der Waals surface area contributed by atoms with Crippen molar-refractivity contribution < 1.29 is 9.32 Å². The molecule has 21 heavy (non-hydrogen) atoms. The lowest BCUT2D eigenvalue weighted by Gasteiger charge is -2.05. The van der Waals surface area contributed by atoms with Crippen molar-refractivity contribution in [2.45, 2.75) is 4.90 Å². The molecular weight excluding hydrogens is 288 g/mol. The second-order valence-corrected chi connectivity index (χ2v) is 6.22. The van der Waals surface area contributed by atoms with E-state index in [-0.39, 0.29) is 11.3 Å². The molecule has 4 aromatic rings. The summed E-state index contributed by atoms with van der Waals surface area (Å²) in [6.45, 7) is 0. The number of fused-ring (bicyclic) bond motifs is 3. The topological polar surface area (TPSA) is 71.7 Å². The average molecular weight is 298 g/mol. The van der Waals surface area contributed by atoms with Gasteiger partial charge < -0.3 is 5.11 Å². The number of para-hydroxylation sites is 1. The summed E-state index contributed by atoms with van der Waals surface area (Å²) in [5.41, 5.74) is 1.44. The maximum absolute atomic E-state index is 12.4. The van der Waals surface area contributed by atoms with E-state index >= 15 is 0 Å². The number of aromatic nitrogens is 2. The van der Waals surface area contributed by atoms with Gasteiger partial charge in [-0.05, 0) is 6.07 Å². The summed E-state index contributed by atoms with van der Waals surface area (Å²) in [5, 5.41) is 11.5. The third-order valence-corrected chi connectivity index (χ3v) is 4.62. The van der Waals surface area contributed by atoms with E-state index in [0.29, 0.717) is 26.8 Å². The second-order valence-electron chi connectivity index (χ2n) is 4.87. The molecule has 0 aliphatic rings. The molecule has 0 radical (unpaired) electrons. The van der Waals surface area contributed by atoms with E-state index < -0.39 is 10.8 Å². The third-order valence-electron chi connectivity index (χ3n) is 3.69. The molecule has 0 bridgehead atoms. The number of rotatable bonds is 1. The first kappa shape index (κ1) is 12.3. The monoisotopic (exact) mass is 298 g/mol. The fourth-order valence-electron chi connectivity index (χ4n) is 2.85. The Morgan fingerprint density at radius 2 is 2.05 bits per heavy atom. The Hall–Kier alpha value is -2.47. The van der Waals surface area contributed by atoms with Gasteiger partial charge in [0.05, 0.1) is 38.3 Å². The van der Waals surface area contributed by atoms with E-state index in [9.17, 15) is 14.1 Å². The van der Waals surface area contributed by atoms with Crippen LogP contribution in [-0.2, 0) is 10.8 Å². The maximum Gasteiger partial charge on any atom is 0.256 e. The van der Waals surface area contributed by atoms with Crippen LogP contribution >= 0.6 is 0 Å². The van der Waals surface area contributed by atoms with Gasteiger partial charge in [-0.15, -0.1) is 0 Å². The van der Waals surface area contributed by atoms with Gasteiger partial charge in [-0.2, -0.15) is 0 Å². The standard InChI is InChI=1S/C15H10N2O3S/c1-21(20)11-6-12(19)17-9-5-3-2-4-8(9)13-10(18)7-16-14(11)15(13)17/h2-7,18H,1H3/t21-/m0/s1. The first-order valence-electron chi connectivity index (χ1n) is 6.30. The summed E-state index contributed by atoms with van der Waals surface area (Å²) >= 11 is 0. The smallest absolute Gasteiger partial charge is 0.256 e. The summed E-state index contributed by atoms with van der Waals surface area (Å²) in [6, 6.07) is 8.70. The molecule has 0 aliphatic carbocycles. The molecule has 1 N–H and O–H groups in total. The molecule has 0 fully saturated rings. The molecule has 0 saturated carbocycles. The molecule has 104 valence electrons. The molecule has 1 atom stereocenters. The highest BCUT2D eigenvalue weighted by molar-refractivity contribution is 7.84. The van der Waals surface area contributed by atoms with Crippen LogP contribution in [0.4, 0.5) is 0 Å². The van der Waals surface area contributed by atoms with E-state index in [2.05, 4.69) is 4.98 Å². The quantitative estimate of drug-likeness (QED) is 0.582. The van der Waals surface area contributed by atoms with E-state index in [1.165, 1.54) is 22.9 Å². The Morgan fingerprint density at radius 3 is 2.81 bits per heavy atom. The molecule has 6 heteroatoms. The van der Waals surface area contributed by atoms with Crippen LogP contribution in [0.15, 0.2) is 46.2 Å². The first-order valence-corrected chi connectivity index (χ1v) is 7.86. The van der Waals surface area contributed by atoms with Crippen molar-refractivity contribution in [3.63, 3.8) is 0 Å². The predicted octanol–water partition coefficient (Wildman–Crippen LogP) is 1.88. The summed E-state index contributed by atoms with van der Waals surface area (Å²) in [5.74, 6) is 0.0136. The lowest BCUT2D eigenvalue weighted by molar-refractivity contribution is 0.480. The van der Waals surface area contributed by atoms with Gasteiger partial charge in [-0.3, -0.25) is 13.4 Å². The fraction of sp³-hybridized carbons (Fsp3) is 0.0667. The van der Waals surface area contributed by atoms with Gasteiger partial charge in [0.1, 0.15) is 11.3 Å². The van der Waals surface area contributed by atoms with Gasteiger partial charge in [0, 0.05) is 17.7 Å². The number of aromatic hydroxyl groups is 1.